The van der Waals surface area contributed by atoms with Crippen LogP contribution in [0.4, 0.5) is 0 Å². The molecule has 0 aromatic carbocycles. The van der Waals surface area contributed by atoms with Gasteiger partial charge in [0.25, 0.3) is 0 Å². The van der Waals surface area contributed by atoms with Gasteiger partial charge in [-0.1, -0.05) is 6.92 Å². The predicted molar refractivity (Wildman–Crippen MR) is 64.3 cm³/mol. The third kappa shape index (κ3) is 5.99. The summed E-state index contributed by atoms with van der Waals surface area (Å²) in [5, 5.41) is 8.40. The van der Waals surface area contributed by atoms with Crippen molar-refractivity contribution in [2.24, 2.45) is 5.92 Å². The molecule has 1 heterocycles. The minimum atomic E-state index is -3.67. The Bertz CT molecular complexity index is 347. The van der Waals surface area contributed by atoms with Crippen molar-refractivity contribution in [2.75, 3.05) is 31.9 Å². The second-order valence-electron chi connectivity index (χ2n) is 4.57. The van der Waals surface area contributed by atoms with E-state index >= 15 is 0 Å². The molecule has 1 rings (SSSR count). The smallest absolute Gasteiger partial charge is 0.320 e. The molecule has 6 nitrogen and oxygen atoms in total. The summed E-state index contributed by atoms with van der Waals surface area (Å²) in [6, 6.07) is 0. The molecule has 1 fully saturated rings. The highest BCUT2D eigenvalue weighted by Gasteiger charge is 2.17. The van der Waals surface area contributed by atoms with Crippen molar-refractivity contribution in [3.63, 3.8) is 0 Å². The van der Waals surface area contributed by atoms with Crippen LogP contribution in [0, 0.1) is 5.92 Å². The van der Waals surface area contributed by atoms with E-state index in [-0.39, 0.29) is 6.54 Å². The summed E-state index contributed by atoms with van der Waals surface area (Å²) in [7, 11) is -3.67. The van der Waals surface area contributed by atoms with Crippen LogP contribution in [0.2, 0.25) is 0 Å². The lowest BCUT2D eigenvalue weighted by Crippen LogP contribution is -2.40. The van der Waals surface area contributed by atoms with E-state index in [9.17, 15) is 13.2 Å². The Hall–Kier alpha value is -0.660. The van der Waals surface area contributed by atoms with E-state index in [2.05, 4.69) is 16.5 Å². The third-order valence-corrected chi connectivity index (χ3v) is 4.21. The van der Waals surface area contributed by atoms with Crippen molar-refractivity contribution >= 4 is 16.0 Å². The van der Waals surface area contributed by atoms with Crippen molar-refractivity contribution in [1.82, 2.24) is 9.62 Å². The molecule has 0 bridgehead atoms. The van der Waals surface area contributed by atoms with Crippen LogP contribution in [0.3, 0.4) is 0 Å². The Labute approximate surface area is 102 Å². The molecule has 0 aromatic rings. The summed E-state index contributed by atoms with van der Waals surface area (Å²) >= 11 is 0. The molecule has 0 radical (unpaired) electrons. The lowest BCUT2D eigenvalue weighted by Gasteiger charge is -2.30. The number of nitrogens with one attached hydrogen (secondary N) is 1. The number of carbonyl (C=O) groups is 1. The molecule has 0 atom stereocenters. The number of carboxylic acids is 1. The molecule has 100 valence electrons. The maximum atomic E-state index is 11.2. The number of hydrogen-bond acceptors (Lipinski definition) is 4. The molecule has 0 aromatic heterocycles. The average molecular weight is 264 g/mol. The topological polar surface area (TPSA) is 86.7 Å². The van der Waals surface area contributed by atoms with E-state index in [0.717, 1.165) is 31.8 Å². The molecule has 1 aliphatic rings. The maximum absolute atomic E-state index is 11.2. The van der Waals surface area contributed by atoms with Gasteiger partial charge in [0.15, 0.2) is 5.75 Å². The van der Waals surface area contributed by atoms with Gasteiger partial charge < -0.3 is 10.0 Å². The lowest BCUT2D eigenvalue weighted by atomic mass is 9.99. The van der Waals surface area contributed by atoms with Crippen molar-refractivity contribution in [2.45, 2.75) is 19.8 Å². The molecule has 0 unspecified atom stereocenters. The van der Waals surface area contributed by atoms with Gasteiger partial charge in [-0.25, -0.2) is 13.1 Å². The summed E-state index contributed by atoms with van der Waals surface area (Å²) in [6.45, 7) is 5.12. The Morgan fingerprint density at radius 3 is 2.53 bits per heavy atom. The van der Waals surface area contributed by atoms with Crippen LogP contribution < -0.4 is 4.72 Å². The van der Waals surface area contributed by atoms with Gasteiger partial charge in [0.05, 0.1) is 0 Å². The molecular formula is C10H20N2O4S. The highest BCUT2D eigenvalue weighted by atomic mass is 32.2. The molecule has 1 saturated heterocycles. The summed E-state index contributed by atoms with van der Waals surface area (Å²) in [5.41, 5.74) is 0. The standard InChI is InChI=1S/C10H20N2O4S/c1-9-2-5-12(6-3-9)7-4-11-17(15,16)8-10(13)14/h9,11H,2-8H2,1H3,(H,13,14). The van der Waals surface area contributed by atoms with Crippen molar-refractivity contribution in [3.8, 4) is 0 Å². The first-order chi connectivity index (χ1) is 7.89. The van der Waals surface area contributed by atoms with Gasteiger partial charge in [0.1, 0.15) is 0 Å². The van der Waals surface area contributed by atoms with Crippen LogP contribution in [0.25, 0.3) is 0 Å². The third-order valence-electron chi connectivity index (χ3n) is 2.94. The van der Waals surface area contributed by atoms with E-state index in [1.54, 1.807) is 0 Å². The van der Waals surface area contributed by atoms with Gasteiger partial charge >= 0.3 is 5.97 Å². The number of hydrogen-bond donors (Lipinski definition) is 2. The van der Waals surface area contributed by atoms with Crippen molar-refractivity contribution in [3.05, 3.63) is 0 Å². The first-order valence-electron chi connectivity index (χ1n) is 5.80. The summed E-state index contributed by atoms with van der Waals surface area (Å²) < 4.78 is 24.7. The number of sulfonamides is 1. The first-order valence-corrected chi connectivity index (χ1v) is 7.46. The molecule has 0 aliphatic carbocycles. The quantitative estimate of drug-likeness (QED) is 0.689. The second-order valence-corrected chi connectivity index (χ2v) is 6.38. The van der Waals surface area contributed by atoms with Gasteiger partial charge in [-0.2, -0.15) is 0 Å². The number of rotatable bonds is 6. The largest absolute Gasteiger partial charge is 0.480 e. The summed E-state index contributed by atoms with van der Waals surface area (Å²) in [5.74, 6) is -1.44. The zero-order chi connectivity index (χ0) is 12.9. The highest BCUT2D eigenvalue weighted by molar-refractivity contribution is 7.90. The normalized spacial score (nSPS) is 19.4. The van der Waals surface area contributed by atoms with Crippen LogP contribution in [0.1, 0.15) is 19.8 Å². The van der Waals surface area contributed by atoms with Crippen LogP contribution in [0.5, 0.6) is 0 Å². The highest BCUT2D eigenvalue weighted by Crippen LogP contribution is 2.15. The van der Waals surface area contributed by atoms with Crippen LogP contribution in [-0.2, 0) is 14.8 Å². The average Bonchev–Trinajstić information content (AvgIpc) is 2.18. The van der Waals surface area contributed by atoms with Crippen LogP contribution in [-0.4, -0.2) is 56.3 Å². The number of aliphatic carboxylic acids is 1. The fourth-order valence-electron chi connectivity index (χ4n) is 1.86. The Morgan fingerprint density at radius 2 is 2.00 bits per heavy atom. The van der Waals surface area contributed by atoms with E-state index in [0.29, 0.717) is 6.54 Å². The van der Waals surface area contributed by atoms with Crippen molar-refractivity contribution < 1.29 is 18.3 Å². The number of nitrogens with zero attached hydrogens (tertiary/aromatic N) is 1. The number of likely N-dealkylation sites (tertiary alicyclic amines) is 1. The summed E-state index contributed by atoms with van der Waals surface area (Å²) in [6.07, 6.45) is 2.28. The zero-order valence-electron chi connectivity index (χ0n) is 10.1. The minimum Gasteiger partial charge on any atom is -0.480 e. The molecule has 2 N–H and O–H groups in total. The van der Waals surface area contributed by atoms with Gasteiger partial charge in [-0.15, -0.1) is 0 Å². The maximum Gasteiger partial charge on any atom is 0.320 e. The zero-order valence-corrected chi connectivity index (χ0v) is 10.9. The van der Waals surface area contributed by atoms with Gasteiger partial charge in [-0.3, -0.25) is 4.79 Å². The molecule has 1 aliphatic heterocycles. The molecule has 0 spiro atoms. The fourth-order valence-corrected chi connectivity index (χ4v) is 2.69. The molecule has 7 heteroatoms. The van der Waals surface area contributed by atoms with Crippen LogP contribution in [0.15, 0.2) is 0 Å². The second kappa shape index (κ2) is 6.32. The Kier molecular flexibility index (Phi) is 5.35. The van der Waals surface area contributed by atoms with E-state index < -0.39 is 21.7 Å². The summed E-state index contributed by atoms with van der Waals surface area (Å²) in [4.78, 5) is 12.5. The van der Waals surface area contributed by atoms with Gasteiger partial charge in [-0.05, 0) is 31.8 Å². The minimum absolute atomic E-state index is 0.282. The Balaban J connectivity index is 2.21. The van der Waals surface area contributed by atoms with Gasteiger partial charge in [0, 0.05) is 13.1 Å². The molecule has 0 saturated carbocycles. The molecular weight excluding hydrogens is 244 g/mol. The van der Waals surface area contributed by atoms with Crippen LogP contribution >= 0.6 is 0 Å². The Morgan fingerprint density at radius 1 is 1.41 bits per heavy atom. The van der Waals surface area contributed by atoms with Gasteiger partial charge in [0.2, 0.25) is 10.0 Å². The van der Waals surface area contributed by atoms with E-state index in [4.69, 9.17) is 5.11 Å². The fraction of sp³-hybridized carbons (Fsp3) is 0.900. The first kappa shape index (κ1) is 14.4. The number of piperidine rings is 1. The number of carboxylic acid groups (broad SMARTS) is 1. The molecule has 17 heavy (non-hydrogen) atoms. The van der Waals surface area contributed by atoms with E-state index in [1.165, 1.54) is 0 Å². The predicted octanol–water partition coefficient (Wildman–Crippen LogP) is -0.278. The lowest BCUT2D eigenvalue weighted by molar-refractivity contribution is -0.134. The SMILES string of the molecule is CC1CCN(CCNS(=O)(=O)CC(=O)O)CC1. The van der Waals surface area contributed by atoms with E-state index in [1.807, 2.05) is 0 Å². The molecule has 0 amide bonds. The monoisotopic (exact) mass is 264 g/mol. The van der Waals surface area contributed by atoms with Crippen molar-refractivity contribution in [1.29, 1.82) is 0 Å².